The number of halogens is 3. The van der Waals surface area contributed by atoms with Gasteiger partial charge in [0.2, 0.25) is 0 Å². The number of ether oxygens (including phenoxy) is 1. The molecule has 1 spiro atoms. The van der Waals surface area contributed by atoms with Gasteiger partial charge in [0.05, 0.1) is 24.0 Å². The van der Waals surface area contributed by atoms with Crippen LogP contribution in [-0.4, -0.2) is 71.0 Å². The highest BCUT2D eigenvalue weighted by atomic mass is 19.4. The number of aryl methyl sites for hydroxylation is 1. The van der Waals surface area contributed by atoms with Gasteiger partial charge in [-0.15, -0.1) is 0 Å². The van der Waals surface area contributed by atoms with E-state index in [-0.39, 0.29) is 11.6 Å². The smallest absolute Gasteiger partial charge is 0.456 e. The molecule has 0 aromatic carbocycles. The van der Waals surface area contributed by atoms with Crippen molar-refractivity contribution >= 4 is 11.7 Å². The molecule has 2 aromatic heterocycles. The molecule has 1 fully saturated rings. The molecule has 1 saturated heterocycles. The Labute approximate surface area is 183 Å². The second-order valence-corrected chi connectivity index (χ2v) is 8.31. The molecule has 32 heavy (non-hydrogen) atoms. The molecule has 2 aliphatic heterocycles. The highest BCUT2D eigenvalue weighted by Crippen LogP contribution is 2.42. The average Bonchev–Trinajstić information content (AvgIpc) is 3.20. The van der Waals surface area contributed by atoms with Crippen LogP contribution < -0.4 is 4.74 Å². The summed E-state index contributed by atoms with van der Waals surface area (Å²) in [7, 11) is 3.48. The van der Waals surface area contributed by atoms with Crippen LogP contribution in [0.15, 0.2) is 24.3 Å². The molecule has 172 valence electrons. The molecular weight excluding hydrogens is 425 g/mol. The van der Waals surface area contributed by atoms with Crippen LogP contribution >= 0.6 is 0 Å². The van der Waals surface area contributed by atoms with Crippen LogP contribution in [0.3, 0.4) is 0 Å². The summed E-state index contributed by atoms with van der Waals surface area (Å²) in [6, 6.07) is 6.24. The monoisotopic (exact) mass is 450 g/mol. The minimum absolute atomic E-state index is 0.188. The number of fused-ring (bicyclic) bond motifs is 2. The van der Waals surface area contributed by atoms with E-state index in [1.807, 2.05) is 7.05 Å². The summed E-state index contributed by atoms with van der Waals surface area (Å²) < 4.78 is 45.8. The maximum Gasteiger partial charge on any atom is 0.456 e. The first-order chi connectivity index (χ1) is 15.1. The van der Waals surface area contributed by atoms with Gasteiger partial charge in [0, 0.05) is 31.9 Å². The zero-order valence-corrected chi connectivity index (χ0v) is 18.2. The Bertz CT molecular complexity index is 1060. The van der Waals surface area contributed by atoms with Crippen LogP contribution in [0.1, 0.15) is 45.2 Å². The molecule has 2 aromatic rings. The third-order valence-electron chi connectivity index (χ3n) is 6.69. The van der Waals surface area contributed by atoms with E-state index in [0.717, 1.165) is 0 Å². The Morgan fingerprint density at radius 3 is 2.34 bits per heavy atom. The maximum atomic E-state index is 13.0. The molecule has 1 amide bonds. The second kappa shape index (κ2) is 7.91. The van der Waals surface area contributed by atoms with Gasteiger partial charge in [-0.25, -0.2) is 4.98 Å². The number of ketones is 1. The van der Waals surface area contributed by atoms with Crippen LogP contribution in [0.25, 0.3) is 0 Å². The van der Waals surface area contributed by atoms with Gasteiger partial charge in [-0.3, -0.25) is 14.5 Å². The quantitative estimate of drug-likeness (QED) is 0.673. The molecule has 2 aliphatic rings. The minimum Gasteiger partial charge on any atom is -0.495 e. The fourth-order valence-corrected chi connectivity index (χ4v) is 4.88. The average molecular weight is 450 g/mol. The van der Waals surface area contributed by atoms with Gasteiger partial charge in [0.15, 0.2) is 0 Å². The Kier molecular flexibility index (Phi) is 5.52. The Balaban J connectivity index is 1.57. The molecule has 0 N–H and O–H groups in total. The van der Waals surface area contributed by atoms with E-state index in [2.05, 4.69) is 9.88 Å². The Morgan fingerprint density at radius 2 is 1.75 bits per heavy atom. The van der Waals surface area contributed by atoms with E-state index in [1.165, 1.54) is 10.6 Å². The number of carbonyl (C=O) groups is 2. The summed E-state index contributed by atoms with van der Waals surface area (Å²) in [6.45, 7) is 3.47. The SMILES string of the molecule is COc1ccc(C(=O)N2CCC3(CC2)c2ccc(C(=O)C(F)(F)F)n2CCN3C)nc1C. The third-order valence-corrected chi connectivity index (χ3v) is 6.69. The highest BCUT2D eigenvalue weighted by molar-refractivity contribution is 5.99. The molecule has 0 unspecified atom stereocenters. The van der Waals surface area contributed by atoms with Crippen LogP contribution in [0, 0.1) is 6.92 Å². The second-order valence-electron chi connectivity index (χ2n) is 8.31. The van der Waals surface area contributed by atoms with Crippen molar-refractivity contribution in [2.45, 2.75) is 38.0 Å². The van der Waals surface area contributed by atoms with E-state index in [4.69, 9.17) is 4.74 Å². The van der Waals surface area contributed by atoms with Gasteiger partial charge in [0.25, 0.3) is 11.7 Å². The van der Waals surface area contributed by atoms with Crippen LogP contribution in [-0.2, 0) is 12.1 Å². The van der Waals surface area contributed by atoms with Gasteiger partial charge in [0.1, 0.15) is 11.4 Å². The number of hydrogen-bond acceptors (Lipinski definition) is 5. The number of methoxy groups -OCH3 is 1. The normalized spacial score (nSPS) is 18.5. The van der Waals surface area contributed by atoms with Gasteiger partial charge >= 0.3 is 6.18 Å². The number of pyridine rings is 1. The minimum atomic E-state index is -4.91. The number of likely N-dealkylation sites (tertiary alicyclic amines) is 1. The first-order valence-corrected chi connectivity index (χ1v) is 10.4. The topological polar surface area (TPSA) is 67.7 Å². The highest BCUT2D eigenvalue weighted by Gasteiger charge is 2.48. The molecule has 7 nitrogen and oxygen atoms in total. The first kappa shape index (κ1) is 22.3. The number of rotatable bonds is 3. The van der Waals surface area contributed by atoms with Crippen molar-refractivity contribution in [1.29, 1.82) is 0 Å². The molecule has 10 heteroatoms. The number of carbonyl (C=O) groups excluding carboxylic acids is 2. The lowest BCUT2D eigenvalue weighted by molar-refractivity contribution is -0.0892. The maximum absolute atomic E-state index is 13.0. The van der Waals surface area contributed by atoms with E-state index in [1.54, 1.807) is 37.1 Å². The summed E-state index contributed by atoms with van der Waals surface area (Å²) in [6.07, 6.45) is -3.81. The lowest BCUT2D eigenvalue weighted by Gasteiger charge is -2.50. The number of likely N-dealkylation sites (N-methyl/N-ethyl adjacent to an activating group) is 1. The number of aromatic nitrogens is 2. The molecule has 0 saturated carbocycles. The molecule has 4 rings (SSSR count). The molecule has 0 atom stereocenters. The summed E-state index contributed by atoms with van der Waals surface area (Å²) in [5.41, 5.74) is 0.805. The van der Waals surface area contributed by atoms with Crippen LogP contribution in [0.4, 0.5) is 13.2 Å². The van der Waals surface area contributed by atoms with E-state index in [0.29, 0.717) is 61.9 Å². The predicted octanol–water partition coefficient (Wildman–Crippen LogP) is 3.02. The van der Waals surface area contributed by atoms with Crippen molar-refractivity contribution in [2.75, 3.05) is 33.8 Å². The molecule has 0 radical (unpaired) electrons. The summed E-state index contributed by atoms with van der Waals surface area (Å²) in [4.78, 5) is 33.1. The van der Waals surface area contributed by atoms with E-state index < -0.39 is 17.5 Å². The number of nitrogens with zero attached hydrogens (tertiary/aromatic N) is 4. The number of amides is 1. The zero-order valence-electron chi connectivity index (χ0n) is 18.2. The number of Topliss-reactive ketones (excluding diaryl/α,β-unsaturated/α-hetero) is 1. The Morgan fingerprint density at radius 1 is 1.06 bits per heavy atom. The van der Waals surface area contributed by atoms with E-state index in [9.17, 15) is 22.8 Å². The van der Waals surface area contributed by atoms with Gasteiger partial charge in [-0.05, 0) is 51.1 Å². The van der Waals surface area contributed by atoms with Gasteiger partial charge < -0.3 is 14.2 Å². The molecule has 0 bridgehead atoms. The zero-order chi connectivity index (χ0) is 23.3. The third kappa shape index (κ3) is 3.56. The van der Waals surface area contributed by atoms with Crippen molar-refractivity contribution in [1.82, 2.24) is 19.4 Å². The lowest BCUT2D eigenvalue weighted by Crippen LogP contribution is -2.57. The van der Waals surface area contributed by atoms with Gasteiger partial charge in [-0.2, -0.15) is 13.2 Å². The van der Waals surface area contributed by atoms with Gasteiger partial charge in [-0.1, -0.05) is 0 Å². The fraction of sp³-hybridized carbons (Fsp3) is 0.500. The van der Waals surface area contributed by atoms with Crippen molar-refractivity contribution in [3.05, 3.63) is 47.0 Å². The standard InChI is InChI=1S/C22H25F3N4O3/c1-14-17(32-3)6-4-15(26-14)20(31)28-10-8-21(9-11-28)18-7-5-16(19(30)22(23,24)25)29(18)13-12-27(21)2/h4-7H,8-13H2,1-3H3. The summed E-state index contributed by atoms with van der Waals surface area (Å²) in [5.74, 6) is -1.41. The fourth-order valence-electron chi connectivity index (χ4n) is 4.88. The van der Waals surface area contributed by atoms with E-state index >= 15 is 0 Å². The first-order valence-electron chi connectivity index (χ1n) is 10.4. The van der Waals surface area contributed by atoms with Crippen LogP contribution in [0.5, 0.6) is 5.75 Å². The lowest BCUT2D eigenvalue weighted by atomic mass is 9.81. The van der Waals surface area contributed by atoms with Crippen molar-refractivity contribution in [3.8, 4) is 5.75 Å². The van der Waals surface area contributed by atoms with Crippen molar-refractivity contribution < 1.29 is 27.5 Å². The van der Waals surface area contributed by atoms with Crippen LogP contribution in [0.2, 0.25) is 0 Å². The predicted molar refractivity (Wildman–Crippen MR) is 110 cm³/mol. The van der Waals surface area contributed by atoms with Crippen molar-refractivity contribution in [3.63, 3.8) is 0 Å². The number of piperidine rings is 1. The Hall–Kier alpha value is -2.88. The molecule has 4 heterocycles. The van der Waals surface area contributed by atoms with Crippen molar-refractivity contribution in [2.24, 2.45) is 0 Å². The summed E-state index contributed by atoms with van der Waals surface area (Å²) >= 11 is 0. The summed E-state index contributed by atoms with van der Waals surface area (Å²) in [5, 5.41) is 0. The largest absolute Gasteiger partial charge is 0.495 e. The molecule has 0 aliphatic carbocycles. The number of hydrogen-bond donors (Lipinski definition) is 0. The molecular formula is C22H25F3N4O3. The number of alkyl halides is 3.